The van der Waals surface area contributed by atoms with E-state index in [-0.39, 0.29) is 6.04 Å². The van der Waals surface area contributed by atoms with Gasteiger partial charge in [0.2, 0.25) is 0 Å². The Hall–Kier alpha value is -1.06. The summed E-state index contributed by atoms with van der Waals surface area (Å²) in [7, 11) is 0. The van der Waals surface area contributed by atoms with Crippen molar-refractivity contribution >= 4 is 5.69 Å². The maximum Gasteiger partial charge on any atom is 0.0875 e. The molecule has 2 heterocycles. The Bertz CT molecular complexity index is 360. The predicted molar refractivity (Wildman–Crippen MR) is 64.6 cm³/mol. The third-order valence-corrected chi connectivity index (χ3v) is 3.89. The number of benzene rings is 1. The maximum absolute atomic E-state index is 10.6. The van der Waals surface area contributed by atoms with Crippen LogP contribution >= 0.6 is 0 Å². The smallest absolute Gasteiger partial charge is 0.0875 e. The van der Waals surface area contributed by atoms with E-state index in [1.807, 2.05) is 6.07 Å². The largest absolute Gasteiger partial charge is 0.388 e. The predicted octanol–water partition coefficient (Wildman–Crippen LogP) is 1.14. The van der Waals surface area contributed by atoms with Crippen LogP contribution in [0.2, 0.25) is 0 Å². The van der Waals surface area contributed by atoms with Crippen molar-refractivity contribution < 1.29 is 5.11 Å². The molecule has 1 unspecified atom stereocenters. The lowest BCUT2D eigenvalue weighted by molar-refractivity contribution is -0.00551. The SMILES string of the molecule is OC1(C2Cc3ccccc3N2)CCNCC1. The van der Waals surface area contributed by atoms with E-state index in [9.17, 15) is 5.11 Å². The highest BCUT2D eigenvalue weighted by Gasteiger charge is 2.40. The number of nitrogens with one attached hydrogen (secondary N) is 2. The Labute approximate surface area is 95.9 Å². The zero-order valence-corrected chi connectivity index (χ0v) is 9.37. The molecule has 1 saturated heterocycles. The standard InChI is InChI=1S/C13H18N2O/c16-13(5-7-14-8-6-13)12-9-10-3-1-2-4-11(10)15-12/h1-4,12,14-16H,5-9H2. The second-order valence-corrected chi connectivity index (χ2v) is 4.91. The van der Waals surface area contributed by atoms with Gasteiger partial charge in [-0.15, -0.1) is 0 Å². The lowest BCUT2D eigenvalue weighted by atomic mass is 9.83. The van der Waals surface area contributed by atoms with E-state index < -0.39 is 5.60 Å². The summed E-state index contributed by atoms with van der Waals surface area (Å²) < 4.78 is 0. The van der Waals surface area contributed by atoms with Crippen LogP contribution in [0.15, 0.2) is 24.3 Å². The molecule has 3 rings (SSSR count). The van der Waals surface area contributed by atoms with Gasteiger partial charge in [-0.1, -0.05) is 18.2 Å². The van der Waals surface area contributed by atoms with Gasteiger partial charge in [-0.25, -0.2) is 0 Å². The van der Waals surface area contributed by atoms with Crippen LogP contribution in [0.4, 0.5) is 5.69 Å². The van der Waals surface area contributed by atoms with E-state index in [2.05, 4.69) is 28.8 Å². The molecule has 16 heavy (non-hydrogen) atoms. The molecule has 2 aliphatic rings. The molecule has 0 radical (unpaired) electrons. The first-order valence-electron chi connectivity index (χ1n) is 6.05. The fourth-order valence-corrected chi connectivity index (χ4v) is 2.83. The van der Waals surface area contributed by atoms with E-state index in [4.69, 9.17) is 0 Å². The quantitative estimate of drug-likeness (QED) is 0.662. The zero-order valence-electron chi connectivity index (χ0n) is 9.37. The van der Waals surface area contributed by atoms with Crippen LogP contribution in [0, 0.1) is 0 Å². The number of rotatable bonds is 1. The maximum atomic E-state index is 10.6. The normalized spacial score (nSPS) is 27.2. The van der Waals surface area contributed by atoms with Crippen molar-refractivity contribution in [1.82, 2.24) is 5.32 Å². The van der Waals surface area contributed by atoms with Crippen LogP contribution in [0.25, 0.3) is 0 Å². The lowest BCUT2D eigenvalue weighted by Gasteiger charge is -2.37. The molecule has 1 fully saturated rings. The summed E-state index contributed by atoms with van der Waals surface area (Å²) in [6.07, 6.45) is 2.64. The molecule has 86 valence electrons. The summed E-state index contributed by atoms with van der Waals surface area (Å²) in [6.45, 7) is 1.84. The molecule has 1 aromatic rings. The van der Waals surface area contributed by atoms with Gasteiger partial charge in [-0.05, 0) is 44.0 Å². The highest BCUT2D eigenvalue weighted by atomic mass is 16.3. The Kier molecular flexibility index (Phi) is 2.37. The van der Waals surface area contributed by atoms with E-state index in [0.717, 1.165) is 32.4 Å². The summed E-state index contributed by atoms with van der Waals surface area (Å²) in [6, 6.07) is 8.54. The Morgan fingerprint density at radius 1 is 1.19 bits per heavy atom. The number of hydrogen-bond acceptors (Lipinski definition) is 3. The van der Waals surface area contributed by atoms with E-state index >= 15 is 0 Å². The summed E-state index contributed by atoms with van der Waals surface area (Å²) >= 11 is 0. The molecule has 0 bridgehead atoms. The van der Waals surface area contributed by atoms with Crippen LogP contribution < -0.4 is 10.6 Å². The molecular formula is C13H18N2O. The molecule has 0 spiro atoms. The van der Waals surface area contributed by atoms with Crippen LogP contribution in [-0.4, -0.2) is 29.8 Å². The first-order chi connectivity index (χ1) is 7.78. The third-order valence-electron chi connectivity index (χ3n) is 3.89. The molecule has 0 aromatic heterocycles. The molecule has 0 amide bonds. The van der Waals surface area contributed by atoms with Crippen molar-refractivity contribution in [2.24, 2.45) is 0 Å². The first-order valence-corrected chi connectivity index (χ1v) is 6.05. The second kappa shape index (κ2) is 3.75. The fraction of sp³-hybridized carbons (Fsp3) is 0.538. The minimum atomic E-state index is -0.537. The van der Waals surface area contributed by atoms with Gasteiger partial charge >= 0.3 is 0 Å². The molecule has 3 nitrogen and oxygen atoms in total. The van der Waals surface area contributed by atoms with Gasteiger partial charge in [0.1, 0.15) is 0 Å². The van der Waals surface area contributed by atoms with Crippen molar-refractivity contribution in [3.05, 3.63) is 29.8 Å². The number of piperidine rings is 1. The van der Waals surface area contributed by atoms with Gasteiger partial charge in [0.05, 0.1) is 11.6 Å². The monoisotopic (exact) mass is 218 g/mol. The third kappa shape index (κ3) is 1.60. The van der Waals surface area contributed by atoms with Crippen molar-refractivity contribution in [3.8, 4) is 0 Å². The summed E-state index contributed by atoms with van der Waals surface area (Å²) in [5, 5.41) is 17.4. The molecule has 1 aromatic carbocycles. The number of aliphatic hydroxyl groups is 1. The van der Waals surface area contributed by atoms with Crippen LogP contribution in [0.3, 0.4) is 0 Å². The molecular weight excluding hydrogens is 200 g/mol. The number of para-hydroxylation sites is 1. The highest BCUT2D eigenvalue weighted by Crippen LogP contribution is 2.34. The molecule has 3 N–H and O–H groups in total. The number of anilines is 1. The lowest BCUT2D eigenvalue weighted by Crippen LogP contribution is -2.52. The van der Waals surface area contributed by atoms with Gasteiger partial charge in [0, 0.05) is 5.69 Å². The fourth-order valence-electron chi connectivity index (χ4n) is 2.83. The van der Waals surface area contributed by atoms with Gasteiger partial charge < -0.3 is 15.7 Å². The van der Waals surface area contributed by atoms with Crippen molar-refractivity contribution in [2.45, 2.75) is 30.9 Å². The Morgan fingerprint density at radius 2 is 1.94 bits per heavy atom. The van der Waals surface area contributed by atoms with Crippen molar-refractivity contribution in [1.29, 1.82) is 0 Å². The van der Waals surface area contributed by atoms with Crippen LogP contribution in [0.1, 0.15) is 18.4 Å². The Morgan fingerprint density at radius 3 is 2.69 bits per heavy atom. The summed E-state index contributed by atoms with van der Waals surface area (Å²) in [5.41, 5.74) is 1.99. The first kappa shape index (κ1) is 10.1. The average molecular weight is 218 g/mol. The summed E-state index contributed by atoms with van der Waals surface area (Å²) in [4.78, 5) is 0. The van der Waals surface area contributed by atoms with Crippen molar-refractivity contribution in [2.75, 3.05) is 18.4 Å². The minimum absolute atomic E-state index is 0.187. The van der Waals surface area contributed by atoms with Crippen LogP contribution in [-0.2, 0) is 6.42 Å². The van der Waals surface area contributed by atoms with Gasteiger partial charge in [0.25, 0.3) is 0 Å². The molecule has 0 aliphatic carbocycles. The van der Waals surface area contributed by atoms with E-state index in [1.54, 1.807) is 0 Å². The zero-order chi connectivity index (χ0) is 11.0. The van der Waals surface area contributed by atoms with E-state index in [0.29, 0.717) is 0 Å². The molecule has 0 saturated carbocycles. The molecule has 1 atom stereocenters. The second-order valence-electron chi connectivity index (χ2n) is 4.91. The highest BCUT2D eigenvalue weighted by molar-refractivity contribution is 5.57. The Balaban J connectivity index is 1.80. The number of hydrogen-bond donors (Lipinski definition) is 3. The van der Waals surface area contributed by atoms with Gasteiger partial charge in [0.15, 0.2) is 0 Å². The van der Waals surface area contributed by atoms with Gasteiger partial charge in [-0.3, -0.25) is 0 Å². The molecule has 3 heteroatoms. The summed E-state index contributed by atoms with van der Waals surface area (Å²) in [5.74, 6) is 0. The van der Waals surface area contributed by atoms with Gasteiger partial charge in [-0.2, -0.15) is 0 Å². The van der Waals surface area contributed by atoms with Crippen molar-refractivity contribution in [3.63, 3.8) is 0 Å². The minimum Gasteiger partial charge on any atom is -0.388 e. The topological polar surface area (TPSA) is 44.3 Å². The van der Waals surface area contributed by atoms with Crippen LogP contribution in [0.5, 0.6) is 0 Å². The van der Waals surface area contributed by atoms with E-state index in [1.165, 1.54) is 11.3 Å². The average Bonchev–Trinajstić information content (AvgIpc) is 2.74. The molecule has 2 aliphatic heterocycles. The number of fused-ring (bicyclic) bond motifs is 1.